The average Bonchev–Trinajstić information content (AvgIpc) is 3.16. The quantitative estimate of drug-likeness (QED) is 0.894. The van der Waals surface area contributed by atoms with Crippen LogP contribution < -0.4 is 5.32 Å². The van der Waals surface area contributed by atoms with Gasteiger partial charge in [0.05, 0.1) is 17.3 Å². The number of hydrogen-bond acceptors (Lipinski definition) is 4. The van der Waals surface area contributed by atoms with E-state index in [9.17, 15) is 14.7 Å². The van der Waals surface area contributed by atoms with Crippen molar-refractivity contribution in [2.24, 2.45) is 5.92 Å². The number of pyridine rings is 1. The largest absolute Gasteiger partial charge is 0.480 e. The molecular formula is C14H17N3O3S. The van der Waals surface area contributed by atoms with Crippen molar-refractivity contribution < 1.29 is 14.7 Å². The second-order valence-corrected chi connectivity index (χ2v) is 6.65. The van der Waals surface area contributed by atoms with Gasteiger partial charge in [-0.25, -0.2) is 9.59 Å². The molecule has 21 heavy (non-hydrogen) atoms. The zero-order valence-corrected chi connectivity index (χ0v) is 12.5. The Morgan fingerprint density at radius 1 is 1.43 bits per heavy atom. The molecule has 3 rings (SSSR count). The Balaban J connectivity index is 1.77. The second-order valence-electron chi connectivity index (χ2n) is 5.50. The van der Waals surface area contributed by atoms with Crippen LogP contribution in [-0.2, 0) is 4.79 Å². The molecule has 2 atom stereocenters. The molecule has 0 aromatic carbocycles. The number of amides is 2. The van der Waals surface area contributed by atoms with E-state index in [-0.39, 0.29) is 11.4 Å². The lowest BCUT2D eigenvalue weighted by Crippen LogP contribution is -2.48. The van der Waals surface area contributed by atoms with E-state index in [1.807, 2.05) is 13.0 Å². The molecule has 0 spiro atoms. The van der Waals surface area contributed by atoms with Crippen LogP contribution in [0, 0.1) is 12.8 Å². The minimum absolute atomic E-state index is 0.0242. The predicted molar refractivity (Wildman–Crippen MR) is 80.2 cm³/mol. The molecule has 112 valence electrons. The van der Waals surface area contributed by atoms with E-state index in [4.69, 9.17) is 0 Å². The van der Waals surface area contributed by atoms with Crippen LogP contribution in [0.2, 0.25) is 0 Å². The summed E-state index contributed by atoms with van der Waals surface area (Å²) in [5.74, 6) is -0.0559. The van der Waals surface area contributed by atoms with Crippen LogP contribution in [0.5, 0.6) is 0 Å². The maximum absolute atomic E-state index is 12.5. The zero-order chi connectivity index (χ0) is 15.0. The Labute approximate surface area is 126 Å². The van der Waals surface area contributed by atoms with Gasteiger partial charge < -0.3 is 10.4 Å². The van der Waals surface area contributed by atoms with Crippen LogP contribution in [0.4, 0.5) is 10.5 Å². The fourth-order valence-corrected chi connectivity index (χ4v) is 4.16. The molecule has 1 aromatic rings. The number of aryl methyl sites for hydroxylation is 1. The van der Waals surface area contributed by atoms with Gasteiger partial charge in [-0.15, -0.1) is 11.8 Å². The normalized spacial score (nSPS) is 24.9. The maximum Gasteiger partial charge on any atom is 0.327 e. The van der Waals surface area contributed by atoms with E-state index in [1.165, 1.54) is 4.90 Å². The summed E-state index contributed by atoms with van der Waals surface area (Å²) in [4.78, 5) is 29.4. The van der Waals surface area contributed by atoms with E-state index in [2.05, 4.69) is 10.3 Å². The number of nitrogens with zero attached hydrogens (tertiary/aromatic N) is 2. The highest BCUT2D eigenvalue weighted by Crippen LogP contribution is 2.45. The molecule has 1 saturated carbocycles. The van der Waals surface area contributed by atoms with Crippen molar-refractivity contribution in [1.29, 1.82) is 0 Å². The van der Waals surface area contributed by atoms with Gasteiger partial charge in [0, 0.05) is 11.9 Å². The first-order valence-electron chi connectivity index (χ1n) is 6.91. The van der Waals surface area contributed by atoms with Gasteiger partial charge in [-0.05, 0) is 37.3 Å². The number of aromatic nitrogens is 1. The minimum atomic E-state index is -0.942. The molecule has 1 aliphatic heterocycles. The molecule has 1 saturated heterocycles. The average molecular weight is 307 g/mol. The monoisotopic (exact) mass is 307 g/mol. The van der Waals surface area contributed by atoms with E-state index in [0.717, 1.165) is 18.4 Å². The molecule has 1 aromatic heterocycles. The highest BCUT2D eigenvalue weighted by molar-refractivity contribution is 8.00. The number of carboxylic acid groups (broad SMARTS) is 1. The topological polar surface area (TPSA) is 82.5 Å². The lowest BCUT2D eigenvalue weighted by molar-refractivity contribution is -0.141. The number of hydrogen-bond donors (Lipinski definition) is 2. The van der Waals surface area contributed by atoms with E-state index in [1.54, 1.807) is 24.2 Å². The molecule has 0 bridgehead atoms. The maximum atomic E-state index is 12.5. The molecule has 0 radical (unpaired) electrons. The Hall–Kier alpha value is -1.76. The van der Waals surface area contributed by atoms with Crippen molar-refractivity contribution in [1.82, 2.24) is 9.88 Å². The molecule has 2 unspecified atom stereocenters. The third-order valence-electron chi connectivity index (χ3n) is 3.71. The fraction of sp³-hybridized carbons (Fsp3) is 0.500. The third-order valence-corrected chi connectivity index (χ3v) is 5.17. The molecule has 2 N–H and O–H groups in total. The minimum Gasteiger partial charge on any atom is -0.480 e. The van der Waals surface area contributed by atoms with E-state index >= 15 is 0 Å². The molecule has 2 amide bonds. The molecule has 2 fully saturated rings. The lowest BCUT2D eigenvalue weighted by Gasteiger charge is -2.27. The number of nitrogens with one attached hydrogen (secondary N) is 1. The van der Waals surface area contributed by atoms with Gasteiger partial charge in [0.2, 0.25) is 0 Å². The molecule has 2 heterocycles. The molecule has 1 aliphatic carbocycles. The van der Waals surface area contributed by atoms with Gasteiger partial charge in [0.25, 0.3) is 0 Å². The van der Waals surface area contributed by atoms with Crippen molar-refractivity contribution in [3.8, 4) is 0 Å². The van der Waals surface area contributed by atoms with Crippen LogP contribution >= 0.6 is 11.8 Å². The Morgan fingerprint density at radius 2 is 2.19 bits per heavy atom. The lowest BCUT2D eigenvalue weighted by atomic mass is 10.2. The Morgan fingerprint density at radius 3 is 2.81 bits per heavy atom. The number of anilines is 1. The van der Waals surface area contributed by atoms with Gasteiger partial charge in [-0.2, -0.15) is 0 Å². The summed E-state index contributed by atoms with van der Waals surface area (Å²) in [6.45, 7) is 1.89. The summed E-state index contributed by atoms with van der Waals surface area (Å²) >= 11 is 1.57. The summed E-state index contributed by atoms with van der Waals surface area (Å²) in [6.07, 6.45) is 5.41. The first kappa shape index (κ1) is 14.2. The van der Waals surface area contributed by atoms with Crippen LogP contribution in [0.1, 0.15) is 18.4 Å². The first-order chi connectivity index (χ1) is 10.1. The summed E-state index contributed by atoms with van der Waals surface area (Å²) in [5.41, 5.74) is 1.53. The molecule has 6 nitrogen and oxygen atoms in total. The Kier molecular flexibility index (Phi) is 3.75. The fourth-order valence-electron chi connectivity index (χ4n) is 2.53. The predicted octanol–water partition coefficient (Wildman–Crippen LogP) is 2.16. The number of rotatable bonds is 3. The number of thioether (sulfide) groups is 1. The number of carbonyl (C=O) groups is 2. The van der Waals surface area contributed by atoms with Crippen molar-refractivity contribution in [2.75, 3.05) is 11.1 Å². The van der Waals surface area contributed by atoms with E-state index in [0.29, 0.717) is 17.4 Å². The number of aliphatic carboxylic acids is 1. The highest BCUT2D eigenvalue weighted by Gasteiger charge is 2.48. The van der Waals surface area contributed by atoms with Crippen LogP contribution in [0.25, 0.3) is 0 Å². The summed E-state index contributed by atoms with van der Waals surface area (Å²) in [6, 6.07) is 0.714. The first-order valence-corrected chi connectivity index (χ1v) is 7.96. The van der Waals surface area contributed by atoms with Crippen molar-refractivity contribution in [3.05, 3.63) is 24.0 Å². The molecular weight excluding hydrogens is 290 g/mol. The standard InChI is InChI=1S/C14H17N3O3S/c1-8-4-10(6-15-5-8)16-14(20)17-11(13(18)19)7-21-12(17)9-2-3-9/h4-6,9,11-12H,2-3,7H2,1H3,(H,16,20)(H,18,19). The number of carboxylic acids is 1. The van der Waals surface area contributed by atoms with Gasteiger partial charge in [-0.3, -0.25) is 9.88 Å². The van der Waals surface area contributed by atoms with Gasteiger partial charge in [-0.1, -0.05) is 0 Å². The SMILES string of the molecule is Cc1cncc(NC(=O)N2C(C(=O)O)CSC2C2CC2)c1. The smallest absolute Gasteiger partial charge is 0.327 e. The van der Waals surface area contributed by atoms with Gasteiger partial charge in [0.1, 0.15) is 6.04 Å². The Bertz CT molecular complexity index is 576. The number of carbonyl (C=O) groups excluding carboxylic acids is 1. The summed E-state index contributed by atoms with van der Waals surface area (Å²) in [5, 5.41) is 12.1. The zero-order valence-electron chi connectivity index (χ0n) is 11.7. The van der Waals surface area contributed by atoms with Crippen LogP contribution in [-0.4, -0.2) is 44.2 Å². The van der Waals surface area contributed by atoms with Crippen molar-refractivity contribution in [3.63, 3.8) is 0 Å². The van der Waals surface area contributed by atoms with Crippen molar-refractivity contribution >= 4 is 29.4 Å². The number of urea groups is 1. The van der Waals surface area contributed by atoms with Gasteiger partial charge in [0.15, 0.2) is 0 Å². The van der Waals surface area contributed by atoms with Crippen molar-refractivity contribution in [2.45, 2.75) is 31.2 Å². The molecule has 7 heteroatoms. The van der Waals surface area contributed by atoms with Crippen LogP contribution in [0.15, 0.2) is 18.5 Å². The van der Waals surface area contributed by atoms with Gasteiger partial charge >= 0.3 is 12.0 Å². The van der Waals surface area contributed by atoms with E-state index < -0.39 is 12.0 Å². The second kappa shape index (κ2) is 5.55. The summed E-state index contributed by atoms with van der Waals surface area (Å²) < 4.78 is 0. The highest BCUT2D eigenvalue weighted by atomic mass is 32.2. The third kappa shape index (κ3) is 2.97. The van der Waals surface area contributed by atoms with Crippen LogP contribution in [0.3, 0.4) is 0 Å². The molecule has 2 aliphatic rings. The summed E-state index contributed by atoms with van der Waals surface area (Å²) in [7, 11) is 0.